The zero-order valence-corrected chi connectivity index (χ0v) is 9.45. The van der Waals surface area contributed by atoms with E-state index in [1.54, 1.807) is 29.1 Å². The number of hydrogen-bond donors (Lipinski definition) is 0. The lowest BCUT2D eigenvalue weighted by Crippen LogP contribution is -1.89. The highest BCUT2D eigenvalue weighted by Gasteiger charge is 2.13. The molecule has 0 N–H and O–H groups in total. The van der Waals surface area contributed by atoms with E-state index in [9.17, 15) is 9.18 Å². The Balaban J connectivity index is 2.29. The maximum absolute atomic E-state index is 13.2. The first-order chi connectivity index (χ1) is 8.29. The van der Waals surface area contributed by atoms with Crippen LogP contribution in [0.15, 0.2) is 36.8 Å². The molecule has 2 aromatic heterocycles. The number of thiazole rings is 1. The van der Waals surface area contributed by atoms with E-state index in [1.807, 2.05) is 0 Å². The molecule has 0 aliphatic rings. The molecule has 17 heavy (non-hydrogen) atoms. The maximum atomic E-state index is 13.2. The van der Waals surface area contributed by atoms with Crippen LogP contribution in [0.3, 0.4) is 0 Å². The Morgan fingerprint density at radius 3 is 3.06 bits per heavy atom. The van der Waals surface area contributed by atoms with Crippen molar-refractivity contribution in [3.8, 4) is 10.4 Å². The highest BCUT2D eigenvalue weighted by atomic mass is 32.1. The normalized spacial score (nSPS) is 10.9. The molecule has 0 aliphatic heterocycles. The van der Waals surface area contributed by atoms with Crippen molar-refractivity contribution in [2.75, 3.05) is 0 Å². The maximum Gasteiger partial charge on any atom is 0.168 e. The molecule has 0 aliphatic carbocycles. The summed E-state index contributed by atoms with van der Waals surface area (Å²) in [5.41, 5.74) is 1.22. The summed E-state index contributed by atoms with van der Waals surface area (Å²) in [6.45, 7) is 0. The SMILES string of the molecule is O=Cc1c(-c2cccc(F)c2)sc2cncn12. The number of carbonyl (C=O) groups excluding carboxylic acids is 1. The molecule has 0 amide bonds. The highest BCUT2D eigenvalue weighted by molar-refractivity contribution is 7.21. The summed E-state index contributed by atoms with van der Waals surface area (Å²) in [7, 11) is 0. The highest BCUT2D eigenvalue weighted by Crippen LogP contribution is 2.32. The Hall–Kier alpha value is -2.01. The summed E-state index contributed by atoms with van der Waals surface area (Å²) >= 11 is 1.42. The molecular formula is C12H7FN2OS. The van der Waals surface area contributed by atoms with Crippen molar-refractivity contribution in [1.29, 1.82) is 0 Å². The molecule has 0 radical (unpaired) electrons. The Kier molecular flexibility index (Phi) is 2.26. The second-order valence-corrected chi connectivity index (χ2v) is 4.58. The summed E-state index contributed by atoms with van der Waals surface area (Å²) in [6.07, 6.45) is 4.03. The van der Waals surface area contributed by atoms with Crippen molar-refractivity contribution >= 4 is 22.5 Å². The van der Waals surface area contributed by atoms with Gasteiger partial charge in [0.05, 0.1) is 11.1 Å². The predicted octanol–water partition coefficient (Wildman–Crippen LogP) is 3.01. The van der Waals surface area contributed by atoms with Gasteiger partial charge in [-0.3, -0.25) is 9.20 Å². The molecular weight excluding hydrogens is 239 g/mol. The van der Waals surface area contributed by atoms with Gasteiger partial charge in [-0.05, 0) is 17.7 Å². The van der Waals surface area contributed by atoms with Gasteiger partial charge in [0.1, 0.15) is 22.7 Å². The van der Waals surface area contributed by atoms with E-state index < -0.39 is 0 Å². The van der Waals surface area contributed by atoms with Gasteiger partial charge >= 0.3 is 0 Å². The second kappa shape index (κ2) is 3.78. The van der Waals surface area contributed by atoms with E-state index in [0.717, 1.165) is 16.0 Å². The smallest absolute Gasteiger partial charge is 0.168 e. The number of hydrogen-bond acceptors (Lipinski definition) is 3. The quantitative estimate of drug-likeness (QED) is 0.651. The lowest BCUT2D eigenvalue weighted by Gasteiger charge is -1.98. The van der Waals surface area contributed by atoms with Crippen molar-refractivity contribution in [3.05, 3.63) is 48.3 Å². The number of aldehydes is 1. The van der Waals surface area contributed by atoms with Gasteiger partial charge < -0.3 is 0 Å². The van der Waals surface area contributed by atoms with Crippen LogP contribution in [0.25, 0.3) is 15.3 Å². The molecule has 0 spiro atoms. The van der Waals surface area contributed by atoms with Crippen LogP contribution in [-0.2, 0) is 0 Å². The van der Waals surface area contributed by atoms with Crippen molar-refractivity contribution in [2.24, 2.45) is 0 Å². The fourth-order valence-corrected chi connectivity index (χ4v) is 2.81. The third-order valence-electron chi connectivity index (χ3n) is 2.50. The molecule has 5 heteroatoms. The van der Waals surface area contributed by atoms with Crippen molar-refractivity contribution < 1.29 is 9.18 Å². The molecule has 0 saturated carbocycles. The average Bonchev–Trinajstić information content (AvgIpc) is 2.88. The van der Waals surface area contributed by atoms with Gasteiger partial charge in [-0.25, -0.2) is 9.37 Å². The molecule has 3 nitrogen and oxygen atoms in total. The van der Waals surface area contributed by atoms with Crippen LogP contribution < -0.4 is 0 Å². The van der Waals surface area contributed by atoms with E-state index in [4.69, 9.17) is 0 Å². The van der Waals surface area contributed by atoms with E-state index >= 15 is 0 Å². The molecule has 0 unspecified atom stereocenters. The molecule has 1 aromatic carbocycles. The number of aromatic nitrogens is 2. The minimum atomic E-state index is -0.310. The van der Waals surface area contributed by atoms with E-state index in [2.05, 4.69) is 4.98 Å². The molecule has 0 saturated heterocycles. The Morgan fingerprint density at radius 2 is 2.29 bits per heavy atom. The Labute approximate surface area is 100 Å². The fraction of sp³-hybridized carbons (Fsp3) is 0. The van der Waals surface area contributed by atoms with Gasteiger partial charge in [-0.1, -0.05) is 12.1 Å². The van der Waals surface area contributed by atoms with E-state index in [1.165, 1.54) is 23.5 Å². The number of imidazole rings is 1. The number of nitrogens with zero attached hydrogens (tertiary/aromatic N) is 2. The number of fused-ring (bicyclic) bond motifs is 1. The summed E-state index contributed by atoms with van der Waals surface area (Å²) in [5, 5.41) is 0. The Bertz CT molecular complexity index is 701. The minimum absolute atomic E-state index is 0.310. The van der Waals surface area contributed by atoms with Crippen LogP contribution in [0, 0.1) is 5.82 Å². The van der Waals surface area contributed by atoms with E-state index in [0.29, 0.717) is 11.3 Å². The second-order valence-electron chi connectivity index (χ2n) is 3.55. The number of rotatable bonds is 2. The van der Waals surface area contributed by atoms with Crippen LogP contribution in [0.4, 0.5) is 4.39 Å². The third-order valence-corrected chi connectivity index (χ3v) is 3.66. The summed E-state index contributed by atoms with van der Waals surface area (Å²) < 4.78 is 14.9. The number of carbonyl (C=O) groups is 1. The molecule has 0 atom stereocenters. The Morgan fingerprint density at radius 1 is 1.41 bits per heavy atom. The third kappa shape index (κ3) is 1.55. The molecule has 2 heterocycles. The first-order valence-corrected chi connectivity index (χ1v) is 5.77. The van der Waals surface area contributed by atoms with Crippen LogP contribution in [0.1, 0.15) is 10.5 Å². The average molecular weight is 246 g/mol. The minimum Gasteiger partial charge on any atom is -0.296 e. The van der Waals surface area contributed by atoms with Gasteiger partial charge in [0.25, 0.3) is 0 Å². The standard InChI is InChI=1S/C12H7FN2OS/c13-9-3-1-2-8(4-9)12-10(6-16)15-7-14-5-11(15)17-12/h1-7H. The van der Waals surface area contributed by atoms with Gasteiger partial charge in [0.15, 0.2) is 6.29 Å². The number of benzene rings is 1. The van der Waals surface area contributed by atoms with Crippen LogP contribution in [0.5, 0.6) is 0 Å². The molecule has 0 bridgehead atoms. The largest absolute Gasteiger partial charge is 0.296 e. The molecule has 0 fully saturated rings. The van der Waals surface area contributed by atoms with Gasteiger partial charge in [0, 0.05) is 0 Å². The van der Waals surface area contributed by atoms with Crippen molar-refractivity contribution in [2.45, 2.75) is 0 Å². The van der Waals surface area contributed by atoms with Gasteiger partial charge in [-0.2, -0.15) is 0 Å². The van der Waals surface area contributed by atoms with Crippen LogP contribution in [0.2, 0.25) is 0 Å². The fourth-order valence-electron chi connectivity index (χ4n) is 1.75. The lowest BCUT2D eigenvalue weighted by atomic mass is 10.1. The topological polar surface area (TPSA) is 34.4 Å². The summed E-state index contributed by atoms with van der Waals surface area (Å²) in [4.78, 5) is 16.7. The first-order valence-electron chi connectivity index (χ1n) is 4.95. The zero-order valence-electron chi connectivity index (χ0n) is 8.63. The van der Waals surface area contributed by atoms with Gasteiger partial charge in [0.2, 0.25) is 0 Å². The predicted molar refractivity (Wildman–Crippen MR) is 63.9 cm³/mol. The molecule has 3 aromatic rings. The first kappa shape index (κ1) is 10.2. The number of halogens is 1. The van der Waals surface area contributed by atoms with Crippen LogP contribution in [-0.4, -0.2) is 15.7 Å². The monoisotopic (exact) mass is 246 g/mol. The molecule has 3 rings (SSSR count). The van der Waals surface area contributed by atoms with Crippen molar-refractivity contribution in [1.82, 2.24) is 9.38 Å². The summed E-state index contributed by atoms with van der Waals surface area (Å²) in [5.74, 6) is -0.310. The lowest BCUT2D eigenvalue weighted by molar-refractivity contribution is 0.111. The summed E-state index contributed by atoms with van der Waals surface area (Å²) in [6, 6.07) is 6.22. The van der Waals surface area contributed by atoms with Crippen LogP contribution >= 0.6 is 11.3 Å². The zero-order chi connectivity index (χ0) is 11.8. The molecule has 84 valence electrons. The van der Waals surface area contributed by atoms with E-state index in [-0.39, 0.29) is 5.82 Å². The van der Waals surface area contributed by atoms with Crippen molar-refractivity contribution in [3.63, 3.8) is 0 Å². The van der Waals surface area contributed by atoms with Gasteiger partial charge in [-0.15, -0.1) is 11.3 Å².